The van der Waals surface area contributed by atoms with Crippen LogP contribution in [0.2, 0.25) is 0 Å². The van der Waals surface area contributed by atoms with Crippen molar-refractivity contribution >= 4 is 0 Å². The van der Waals surface area contributed by atoms with Crippen LogP contribution in [0.4, 0.5) is 0 Å². The number of rotatable bonds is 6. The summed E-state index contributed by atoms with van der Waals surface area (Å²) < 4.78 is 0. The fourth-order valence-corrected chi connectivity index (χ4v) is 1.66. The van der Waals surface area contributed by atoms with Crippen molar-refractivity contribution in [2.45, 2.75) is 34.1 Å². The Bertz CT molecular complexity index is 264. The summed E-state index contributed by atoms with van der Waals surface area (Å²) in [5.74, 6) is 1.36. The molecule has 0 heterocycles. The molecule has 84 valence electrons. The van der Waals surface area contributed by atoms with Gasteiger partial charge in [-0.05, 0) is 36.3 Å². The molecule has 0 aromatic carbocycles. The van der Waals surface area contributed by atoms with E-state index < -0.39 is 0 Å². The minimum absolute atomic E-state index is 0.615. The molecule has 0 rings (SSSR count). The normalized spacial score (nSPS) is 14.6. The van der Waals surface area contributed by atoms with E-state index in [-0.39, 0.29) is 0 Å². The van der Waals surface area contributed by atoms with Gasteiger partial charge in [0.1, 0.15) is 0 Å². The van der Waals surface area contributed by atoms with E-state index in [9.17, 15) is 0 Å². The Morgan fingerprint density at radius 2 is 1.80 bits per heavy atom. The zero-order valence-electron chi connectivity index (χ0n) is 10.6. The molecule has 1 atom stereocenters. The third-order valence-electron chi connectivity index (χ3n) is 2.48. The van der Waals surface area contributed by atoms with Crippen molar-refractivity contribution in [1.29, 1.82) is 0 Å². The zero-order valence-corrected chi connectivity index (χ0v) is 10.6. The molecule has 0 bridgehead atoms. The molecule has 0 spiro atoms. The highest BCUT2D eigenvalue weighted by molar-refractivity contribution is 5.32. The minimum atomic E-state index is 0.615. The smallest absolute Gasteiger partial charge is 0.0191 e. The Kier molecular flexibility index (Phi) is 6.77. The van der Waals surface area contributed by atoms with Crippen LogP contribution >= 0.6 is 0 Å². The molecule has 0 aliphatic carbocycles. The molecular weight excluding hydrogens is 180 g/mol. The summed E-state index contributed by atoms with van der Waals surface area (Å²) in [5.41, 5.74) is 2.35. The highest BCUT2D eigenvalue weighted by Gasteiger charge is 2.07. The van der Waals surface area contributed by atoms with Crippen LogP contribution in [0.25, 0.3) is 0 Å². The summed E-state index contributed by atoms with van der Waals surface area (Å²) in [5, 5.41) is 0. The maximum atomic E-state index is 3.87. The summed E-state index contributed by atoms with van der Waals surface area (Å²) in [6.45, 7) is 16.4. The third-order valence-corrected chi connectivity index (χ3v) is 2.48. The maximum Gasteiger partial charge on any atom is -0.0191 e. The highest BCUT2D eigenvalue weighted by Crippen LogP contribution is 2.20. The standard InChI is InChI=1S/C15H24/c1-7-13(5)9-10-15(8-2)14(6)11-12(3)4/h7-10,12,14H,1,5,11H2,2-4,6H3/b10-9-,15-8+. The van der Waals surface area contributed by atoms with Gasteiger partial charge in [-0.1, -0.05) is 58.2 Å². The fraction of sp³-hybridized carbons (Fsp3) is 0.467. The predicted molar refractivity (Wildman–Crippen MR) is 70.9 cm³/mol. The summed E-state index contributed by atoms with van der Waals surface area (Å²) in [6, 6.07) is 0. The first-order valence-corrected chi connectivity index (χ1v) is 5.66. The second kappa shape index (κ2) is 7.28. The maximum absolute atomic E-state index is 3.87. The highest BCUT2D eigenvalue weighted by atomic mass is 14.1. The molecule has 0 saturated heterocycles. The Labute approximate surface area is 95.1 Å². The van der Waals surface area contributed by atoms with Gasteiger partial charge in [0, 0.05) is 0 Å². The van der Waals surface area contributed by atoms with Crippen molar-refractivity contribution in [3.8, 4) is 0 Å². The third kappa shape index (κ3) is 6.11. The molecule has 0 amide bonds. The van der Waals surface area contributed by atoms with Gasteiger partial charge >= 0.3 is 0 Å². The molecule has 0 N–H and O–H groups in total. The van der Waals surface area contributed by atoms with E-state index in [1.807, 2.05) is 6.08 Å². The quantitative estimate of drug-likeness (QED) is 0.539. The summed E-state index contributed by atoms with van der Waals surface area (Å²) >= 11 is 0. The van der Waals surface area contributed by atoms with Crippen LogP contribution in [0.1, 0.15) is 34.1 Å². The fourth-order valence-electron chi connectivity index (χ4n) is 1.66. The van der Waals surface area contributed by atoms with Crippen LogP contribution in [-0.4, -0.2) is 0 Å². The van der Waals surface area contributed by atoms with Crippen LogP contribution in [0, 0.1) is 11.8 Å². The van der Waals surface area contributed by atoms with Gasteiger partial charge in [-0.2, -0.15) is 0 Å². The van der Waals surface area contributed by atoms with Crippen LogP contribution in [-0.2, 0) is 0 Å². The lowest BCUT2D eigenvalue weighted by Gasteiger charge is -2.15. The van der Waals surface area contributed by atoms with Gasteiger partial charge in [0.25, 0.3) is 0 Å². The van der Waals surface area contributed by atoms with Crippen LogP contribution < -0.4 is 0 Å². The van der Waals surface area contributed by atoms with E-state index >= 15 is 0 Å². The molecule has 0 aromatic rings. The first-order chi connectivity index (χ1) is 7.01. The summed E-state index contributed by atoms with van der Waals surface area (Å²) in [7, 11) is 0. The lowest BCUT2D eigenvalue weighted by atomic mass is 9.91. The van der Waals surface area contributed by atoms with E-state index in [4.69, 9.17) is 0 Å². The summed E-state index contributed by atoms with van der Waals surface area (Å²) in [4.78, 5) is 0. The van der Waals surface area contributed by atoms with Crippen molar-refractivity contribution < 1.29 is 0 Å². The minimum Gasteiger partial charge on any atom is -0.0985 e. The van der Waals surface area contributed by atoms with E-state index in [2.05, 4.69) is 53.0 Å². The van der Waals surface area contributed by atoms with Gasteiger partial charge in [-0.3, -0.25) is 0 Å². The van der Waals surface area contributed by atoms with Crippen molar-refractivity contribution in [3.63, 3.8) is 0 Å². The van der Waals surface area contributed by atoms with Gasteiger partial charge in [0.05, 0.1) is 0 Å². The van der Waals surface area contributed by atoms with Crippen molar-refractivity contribution in [2.24, 2.45) is 11.8 Å². The second-order valence-corrected chi connectivity index (χ2v) is 4.43. The molecule has 0 aliphatic heterocycles. The van der Waals surface area contributed by atoms with Gasteiger partial charge in [-0.15, -0.1) is 0 Å². The van der Waals surface area contributed by atoms with Gasteiger partial charge < -0.3 is 0 Å². The summed E-state index contributed by atoms with van der Waals surface area (Å²) in [6.07, 6.45) is 9.36. The molecule has 0 radical (unpaired) electrons. The Balaban J connectivity index is 4.44. The molecule has 0 nitrogen and oxygen atoms in total. The predicted octanol–water partition coefficient (Wildman–Crippen LogP) is 4.91. The second-order valence-electron chi connectivity index (χ2n) is 4.43. The van der Waals surface area contributed by atoms with Crippen molar-refractivity contribution in [1.82, 2.24) is 0 Å². The van der Waals surface area contributed by atoms with E-state index in [0.717, 1.165) is 11.5 Å². The van der Waals surface area contributed by atoms with Crippen molar-refractivity contribution in [3.05, 3.63) is 48.6 Å². The lowest BCUT2D eigenvalue weighted by molar-refractivity contribution is 0.491. The molecule has 0 aliphatic rings. The largest absolute Gasteiger partial charge is 0.0985 e. The average molecular weight is 204 g/mol. The van der Waals surface area contributed by atoms with Crippen LogP contribution in [0.15, 0.2) is 48.6 Å². The first-order valence-electron chi connectivity index (χ1n) is 5.66. The van der Waals surface area contributed by atoms with Crippen LogP contribution in [0.5, 0.6) is 0 Å². The average Bonchev–Trinajstić information content (AvgIpc) is 2.17. The van der Waals surface area contributed by atoms with E-state index in [0.29, 0.717) is 5.92 Å². The van der Waals surface area contributed by atoms with Gasteiger partial charge in [0.2, 0.25) is 0 Å². The van der Waals surface area contributed by atoms with E-state index in [1.165, 1.54) is 12.0 Å². The monoisotopic (exact) mass is 204 g/mol. The molecule has 1 unspecified atom stereocenters. The van der Waals surface area contributed by atoms with Crippen molar-refractivity contribution in [2.75, 3.05) is 0 Å². The number of hydrogen-bond acceptors (Lipinski definition) is 0. The van der Waals surface area contributed by atoms with Crippen LogP contribution in [0.3, 0.4) is 0 Å². The van der Waals surface area contributed by atoms with E-state index in [1.54, 1.807) is 6.08 Å². The molecule has 0 saturated carbocycles. The Morgan fingerprint density at radius 1 is 1.20 bits per heavy atom. The molecule has 0 aromatic heterocycles. The Hall–Kier alpha value is -1.04. The topological polar surface area (TPSA) is 0 Å². The molecule has 15 heavy (non-hydrogen) atoms. The van der Waals surface area contributed by atoms with Gasteiger partial charge in [-0.25, -0.2) is 0 Å². The SMILES string of the molecule is C=CC(=C)/C=C\C(=C/C)C(C)CC(C)C. The number of hydrogen-bond donors (Lipinski definition) is 0. The first kappa shape index (κ1) is 14.0. The molecule has 0 fully saturated rings. The number of allylic oxidation sites excluding steroid dienone is 6. The molecular formula is C15H24. The molecule has 0 heteroatoms. The van der Waals surface area contributed by atoms with Gasteiger partial charge in [0.15, 0.2) is 0 Å². The lowest BCUT2D eigenvalue weighted by Crippen LogP contribution is -2.02. The zero-order chi connectivity index (χ0) is 11.8. The Morgan fingerprint density at radius 3 is 2.20 bits per heavy atom.